The Kier molecular flexibility index (Phi) is 4.43. The van der Waals surface area contributed by atoms with Gasteiger partial charge in [-0.3, -0.25) is 4.79 Å². The van der Waals surface area contributed by atoms with Crippen molar-refractivity contribution >= 4 is 5.91 Å². The standard InChI is InChI=1S/C14H26N2O/c1-11-6-3-4-8-13(11)16(2)14(17)12-7-5-9-15-10-12/h11-13,15H,3-10H2,1-2H3. The van der Waals surface area contributed by atoms with Crippen molar-refractivity contribution in [2.45, 2.75) is 51.5 Å². The highest BCUT2D eigenvalue weighted by atomic mass is 16.2. The Morgan fingerprint density at radius 1 is 1.18 bits per heavy atom. The summed E-state index contributed by atoms with van der Waals surface area (Å²) in [5, 5.41) is 3.34. The third-order valence-electron chi connectivity index (χ3n) is 4.56. The summed E-state index contributed by atoms with van der Waals surface area (Å²) >= 11 is 0. The normalized spacial score (nSPS) is 34.4. The van der Waals surface area contributed by atoms with Crippen molar-refractivity contribution in [3.05, 3.63) is 0 Å². The van der Waals surface area contributed by atoms with Crippen LogP contribution in [0.4, 0.5) is 0 Å². The summed E-state index contributed by atoms with van der Waals surface area (Å²) in [7, 11) is 2.02. The number of carbonyl (C=O) groups is 1. The number of rotatable bonds is 2. The van der Waals surface area contributed by atoms with Crippen LogP contribution in [0, 0.1) is 11.8 Å². The Morgan fingerprint density at radius 2 is 1.94 bits per heavy atom. The van der Waals surface area contributed by atoms with E-state index in [4.69, 9.17) is 0 Å². The van der Waals surface area contributed by atoms with Gasteiger partial charge < -0.3 is 10.2 Å². The number of carbonyl (C=O) groups excluding carboxylic acids is 1. The molecule has 1 N–H and O–H groups in total. The van der Waals surface area contributed by atoms with Crippen molar-refractivity contribution in [2.24, 2.45) is 11.8 Å². The zero-order valence-electron chi connectivity index (χ0n) is 11.2. The molecule has 0 aromatic carbocycles. The summed E-state index contributed by atoms with van der Waals surface area (Å²) in [5.74, 6) is 1.27. The number of hydrogen-bond acceptors (Lipinski definition) is 2. The van der Waals surface area contributed by atoms with Gasteiger partial charge in [0.1, 0.15) is 0 Å². The van der Waals surface area contributed by atoms with Crippen molar-refractivity contribution in [2.75, 3.05) is 20.1 Å². The van der Waals surface area contributed by atoms with Gasteiger partial charge >= 0.3 is 0 Å². The molecule has 0 bridgehead atoms. The zero-order valence-corrected chi connectivity index (χ0v) is 11.2. The summed E-state index contributed by atoms with van der Waals surface area (Å²) in [6, 6.07) is 0.484. The van der Waals surface area contributed by atoms with Crippen molar-refractivity contribution in [3.63, 3.8) is 0 Å². The number of hydrogen-bond donors (Lipinski definition) is 1. The summed E-state index contributed by atoms with van der Waals surface area (Å²) < 4.78 is 0. The summed E-state index contributed by atoms with van der Waals surface area (Å²) in [4.78, 5) is 14.5. The maximum atomic E-state index is 12.4. The third-order valence-corrected chi connectivity index (χ3v) is 4.56. The SMILES string of the molecule is CC1CCCCC1N(C)C(=O)C1CCCNC1. The van der Waals surface area contributed by atoms with Gasteiger partial charge in [0.15, 0.2) is 0 Å². The van der Waals surface area contributed by atoms with Crippen LogP contribution in [0.1, 0.15) is 45.4 Å². The van der Waals surface area contributed by atoms with Crippen molar-refractivity contribution in [1.29, 1.82) is 0 Å². The molecule has 2 rings (SSSR count). The molecule has 1 saturated carbocycles. The molecule has 98 valence electrons. The van der Waals surface area contributed by atoms with E-state index in [1.807, 2.05) is 7.05 Å². The second-order valence-electron chi connectivity index (χ2n) is 5.82. The first kappa shape index (κ1) is 12.9. The van der Waals surface area contributed by atoms with Gasteiger partial charge in [0.25, 0.3) is 0 Å². The van der Waals surface area contributed by atoms with E-state index in [0.29, 0.717) is 17.9 Å². The molecule has 0 aromatic heterocycles. The maximum Gasteiger partial charge on any atom is 0.226 e. The predicted octanol–water partition coefficient (Wildman–Crippen LogP) is 2.02. The molecule has 3 nitrogen and oxygen atoms in total. The lowest BCUT2D eigenvalue weighted by Gasteiger charge is -2.38. The molecule has 3 unspecified atom stereocenters. The molecular formula is C14H26N2O. The van der Waals surface area contributed by atoms with Crippen LogP contribution in [0.15, 0.2) is 0 Å². The highest BCUT2D eigenvalue weighted by Gasteiger charge is 2.31. The minimum Gasteiger partial charge on any atom is -0.342 e. The largest absolute Gasteiger partial charge is 0.342 e. The topological polar surface area (TPSA) is 32.3 Å². The molecule has 1 saturated heterocycles. The van der Waals surface area contributed by atoms with Gasteiger partial charge in [-0.15, -0.1) is 0 Å². The summed E-state index contributed by atoms with van der Waals surface area (Å²) in [6.07, 6.45) is 7.32. The lowest BCUT2D eigenvalue weighted by atomic mass is 9.84. The van der Waals surface area contributed by atoms with Gasteiger partial charge in [-0.05, 0) is 38.1 Å². The van der Waals surface area contributed by atoms with E-state index in [1.165, 1.54) is 25.7 Å². The fourth-order valence-electron chi connectivity index (χ4n) is 3.39. The van der Waals surface area contributed by atoms with Gasteiger partial charge in [0, 0.05) is 19.6 Å². The molecule has 17 heavy (non-hydrogen) atoms. The second-order valence-corrected chi connectivity index (χ2v) is 5.82. The molecule has 0 radical (unpaired) electrons. The monoisotopic (exact) mass is 238 g/mol. The van der Waals surface area contributed by atoms with E-state index in [-0.39, 0.29) is 5.92 Å². The van der Waals surface area contributed by atoms with Crippen molar-refractivity contribution in [3.8, 4) is 0 Å². The lowest BCUT2D eigenvalue weighted by Crippen LogP contribution is -2.48. The molecule has 0 spiro atoms. The van der Waals surface area contributed by atoms with E-state index >= 15 is 0 Å². The Hall–Kier alpha value is -0.570. The van der Waals surface area contributed by atoms with E-state index in [0.717, 1.165) is 25.9 Å². The summed E-state index contributed by atoms with van der Waals surface area (Å²) in [6.45, 7) is 4.25. The Balaban J connectivity index is 1.92. The summed E-state index contributed by atoms with van der Waals surface area (Å²) in [5.41, 5.74) is 0. The van der Waals surface area contributed by atoms with Gasteiger partial charge in [-0.2, -0.15) is 0 Å². The quantitative estimate of drug-likeness (QED) is 0.798. The van der Waals surface area contributed by atoms with Crippen LogP contribution in [0.2, 0.25) is 0 Å². The lowest BCUT2D eigenvalue weighted by molar-refractivity contribution is -0.138. The average molecular weight is 238 g/mol. The van der Waals surface area contributed by atoms with Crippen molar-refractivity contribution < 1.29 is 4.79 Å². The molecule has 2 fully saturated rings. The van der Waals surface area contributed by atoms with Gasteiger partial charge in [0.05, 0.1) is 5.92 Å². The first-order chi connectivity index (χ1) is 8.20. The molecule has 3 atom stereocenters. The van der Waals surface area contributed by atoms with Crippen LogP contribution < -0.4 is 5.32 Å². The second kappa shape index (κ2) is 5.85. The Morgan fingerprint density at radius 3 is 2.59 bits per heavy atom. The Labute approximate surface area is 105 Å². The number of amides is 1. The maximum absolute atomic E-state index is 12.4. The molecule has 1 aliphatic heterocycles. The fourth-order valence-corrected chi connectivity index (χ4v) is 3.39. The molecule has 2 aliphatic rings. The van der Waals surface area contributed by atoms with Crippen LogP contribution in [0.3, 0.4) is 0 Å². The van der Waals surface area contributed by atoms with Crippen LogP contribution in [-0.4, -0.2) is 37.0 Å². The molecule has 1 heterocycles. The minimum absolute atomic E-state index is 0.225. The van der Waals surface area contributed by atoms with Gasteiger partial charge in [0.2, 0.25) is 5.91 Å². The third kappa shape index (κ3) is 3.01. The van der Waals surface area contributed by atoms with Crippen LogP contribution in [0.5, 0.6) is 0 Å². The zero-order chi connectivity index (χ0) is 12.3. The van der Waals surface area contributed by atoms with E-state index < -0.39 is 0 Å². The number of nitrogens with zero attached hydrogens (tertiary/aromatic N) is 1. The predicted molar refractivity (Wildman–Crippen MR) is 69.8 cm³/mol. The number of nitrogens with one attached hydrogen (secondary N) is 1. The fraction of sp³-hybridized carbons (Fsp3) is 0.929. The average Bonchev–Trinajstić information content (AvgIpc) is 2.39. The van der Waals surface area contributed by atoms with Crippen LogP contribution >= 0.6 is 0 Å². The number of piperidine rings is 1. The minimum atomic E-state index is 0.225. The van der Waals surface area contributed by atoms with Crippen molar-refractivity contribution in [1.82, 2.24) is 10.2 Å². The molecular weight excluding hydrogens is 212 g/mol. The first-order valence-electron chi connectivity index (χ1n) is 7.17. The van der Waals surface area contributed by atoms with Crippen LogP contribution in [0.25, 0.3) is 0 Å². The van der Waals surface area contributed by atoms with E-state index in [1.54, 1.807) is 0 Å². The van der Waals surface area contributed by atoms with Gasteiger partial charge in [-0.25, -0.2) is 0 Å². The highest BCUT2D eigenvalue weighted by Crippen LogP contribution is 2.28. The van der Waals surface area contributed by atoms with E-state index in [2.05, 4.69) is 17.1 Å². The molecule has 1 amide bonds. The van der Waals surface area contributed by atoms with Gasteiger partial charge in [-0.1, -0.05) is 19.8 Å². The van der Waals surface area contributed by atoms with E-state index in [9.17, 15) is 4.79 Å². The molecule has 3 heteroatoms. The first-order valence-corrected chi connectivity index (χ1v) is 7.17. The molecule has 1 aliphatic carbocycles. The highest BCUT2D eigenvalue weighted by molar-refractivity contribution is 5.79. The Bertz CT molecular complexity index is 261. The smallest absolute Gasteiger partial charge is 0.226 e. The molecule has 0 aromatic rings. The van der Waals surface area contributed by atoms with Crippen LogP contribution in [-0.2, 0) is 4.79 Å².